The molecule has 1 aromatic heterocycles. The molecule has 146 valence electrons. The third kappa shape index (κ3) is 5.13. The van der Waals surface area contributed by atoms with Crippen molar-refractivity contribution in [2.45, 2.75) is 23.6 Å². The third-order valence-electron chi connectivity index (χ3n) is 4.42. The van der Waals surface area contributed by atoms with Crippen molar-refractivity contribution in [1.29, 1.82) is 0 Å². The van der Waals surface area contributed by atoms with Gasteiger partial charge in [-0.25, -0.2) is 8.42 Å². The summed E-state index contributed by atoms with van der Waals surface area (Å²) in [7, 11) is -3.52. The number of carbonyl (C=O) groups excluding carboxylic acids is 1. The molecule has 0 radical (unpaired) electrons. The molecular weight excluding hydrogens is 540 g/mol. The molecular formula is C17H17Br2ClN2O3S2. The fourth-order valence-corrected chi connectivity index (χ4v) is 7.45. The fourth-order valence-electron chi connectivity index (χ4n) is 2.88. The Morgan fingerprint density at radius 3 is 2.41 bits per heavy atom. The quantitative estimate of drug-likeness (QED) is 0.584. The highest BCUT2D eigenvalue weighted by atomic mass is 79.9. The number of benzene rings is 1. The fraction of sp³-hybridized carbons (Fsp3) is 0.353. The molecule has 2 heterocycles. The number of halogens is 3. The van der Waals surface area contributed by atoms with E-state index in [1.165, 1.54) is 15.6 Å². The highest BCUT2D eigenvalue weighted by Crippen LogP contribution is 2.37. The molecule has 10 heteroatoms. The predicted molar refractivity (Wildman–Crippen MR) is 115 cm³/mol. The maximum Gasteiger partial charge on any atom is 0.252 e. The molecule has 0 unspecified atom stereocenters. The van der Waals surface area contributed by atoms with E-state index in [9.17, 15) is 13.2 Å². The summed E-state index contributed by atoms with van der Waals surface area (Å²) in [5.74, 6) is -0.214. The highest BCUT2D eigenvalue weighted by molar-refractivity contribution is 9.13. The van der Waals surface area contributed by atoms with Gasteiger partial charge in [-0.1, -0.05) is 23.7 Å². The maximum atomic E-state index is 12.8. The topological polar surface area (TPSA) is 66.5 Å². The Morgan fingerprint density at radius 2 is 1.85 bits per heavy atom. The van der Waals surface area contributed by atoms with Crippen molar-refractivity contribution in [2.75, 3.05) is 13.1 Å². The van der Waals surface area contributed by atoms with Gasteiger partial charge in [-0.15, -0.1) is 11.3 Å². The molecule has 1 saturated heterocycles. The van der Waals surface area contributed by atoms with Crippen molar-refractivity contribution in [3.63, 3.8) is 0 Å². The van der Waals surface area contributed by atoms with E-state index in [0.29, 0.717) is 41.7 Å². The predicted octanol–water partition coefficient (Wildman–Crippen LogP) is 4.64. The molecule has 0 aliphatic carbocycles. The molecule has 2 aromatic rings. The van der Waals surface area contributed by atoms with Crippen LogP contribution < -0.4 is 5.32 Å². The van der Waals surface area contributed by atoms with Gasteiger partial charge in [-0.05, 0) is 68.5 Å². The van der Waals surface area contributed by atoms with Gasteiger partial charge in [-0.3, -0.25) is 4.79 Å². The Balaban J connectivity index is 1.54. The number of amides is 1. The molecule has 27 heavy (non-hydrogen) atoms. The zero-order valence-corrected chi connectivity index (χ0v) is 19.7. The summed E-state index contributed by atoms with van der Waals surface area (Å²) < 4.78 is 28.7. The van der Waals surface area contributed by atoms with Crippen LogP contribution in [0.4, 0.5) is 0 Å². The summed E-state index contributed by atoms with van der Waals surface area (Å²) in [5, 5.41) is 3.58. The van der Waals surface area contributed by atoms with Crippen molar-refractivity contribution in [1.82, 2.24) is 9.62 Å². The number of hydrogen-bond acceptors (Lipinski definition) is 4. The summed E-state index contributed by atoms with van der Waals surface area (Å²) in [5.41, 5.74) is 0.974. The number of rotatable bonds is 5. The van der Waals surface area contributed by atoms with Crippen molar-refractivity contribution in [2.24, 2.45) is 5.92 Å². The zero-order valence-electron chi connectivity index (χ0n) is 14.1. The number of sulfonamides is 1. The van der Waals surface area contributed by atoms with Crippen LogP contribution >= 0.6 is 54.8 Å². The lowest BCUT2D eigenvalue weighted by molar-refractivity contribution is -0.126. The molecule has 1 aromatic carbocycles. The Morgan fingerprint density at radius 1 is 1.22 bits per heavy atom. The number of piperidine rings is 1. The second kappa shape index (κ2) is 8.92. The first-order valence-corrected chi connectivity index (χ1v) is 12.5. The molecule has 1 fully saturated rings. The minimum atomic E-state index is -3.52. The minimum Gasteiger partial charge on any atom is -0.352 e. The standard InChI is InChI=1S/C17H17Br2ClN2O3S2/c18-14-9-15(26-16(14)19)27(24,25)22-7-5-12(6-8-22)17(23)21-10-11-1-3-13(20)4-2-11/h1-4,9,12H,5-8,10H2,(H,21,23). The van der Waals surface area contributed by atoms with Gasteiger partial charge in [0.15, 0.2) is 0 Å². The molecule has 1 N–H and O–H groups in total. The largest absolute Gasteiger partial charge is 0.352 e. The van der Waals surface area contributed by atoms with E-state index < -0.39 is 10.0 Å². The van der Waals surface area contributed by atoms with Crippen molar-refractivity contribution in [3.8, 4) is 0 Å². The Bertz CT molecular complexity index is 905. The van der Waals surface area contributed by atoms with E-state index in [-0.39, 0.29) is 11.8 Å². The van der Waals surface area contributed by atoms with E-state index in [0.717, 1.165) is 13.8 Å². The van der Waals surface area contributed by atoms with Gasteiger partial charge >= 0.3 is 0 Å². The molecule has 1 aliphatic rings. The molecule has 5 nitrogen and oxygen atoms in total. The summed E-state index contributed by atoms with van der Waals surface area (Å²) in [6.45, 7) is 1.12. The van der Waals surface area contributed by atoms with E-state index in [1.807, 2.05) is 12.1 Å². The number of thiophene rings is 1. The van der Waals surface area contributed by atoms with E-state index in [2.05, 4.69) is 37.2 Å². The lowest BCUT2D eigenvalue weighted by Gasteiger charge is -2.30. The van der Waals surface area contributed by atoms with Gasteiger partial charge in [0, 0.05) is 35.0 Å². The maximum absolute atomic E-state index is 12.8. The summed E-state index contributed by atoms with van der Waals surface area (Å²) in [6.07, 6.45) is 1.03. The molecule has 0 spiro atoms. The first-order valence-electron chi connectivity index (χ1n) is 8.24. The van der Waals surface area contributed by atoms with Crippen LogP contribution in [0.15, 0.2) is 42.8 Å². The van der Waals surface area contributed by atoms with Gasteiger partial charge in [0.05, 0.1) is 3.79 Å². The van der Waals surface area contributed by atoms with Crippen LogP contribution in [0.5, 0.6) is 0 Å². The van der Waals surface area contributed by atoms with E-state index >= 15 is 0 Å². The third-order valence-corrected chi connectivity index (χ3v) is 10.3. The van der Waals surface area contributed by atoms with Crippen LogP contribution in [0, 0.1) is 5.92 Å². The Kier molecular flexibility index (Phi) is 7.02. The van der Waals surface area contributed by atoms with Gasteiger partial charge < -0.3 is 5.32 Å². The number of hydrogen-bond donors (Lipinski definition) is 1. The van der Waals surface area contributed by atoms with Gasteiger partial charge in [0.25, 0.3) is 10.0 Å². The Hall–Kier alpha value is -0.450. The average Bonchev–Trinajstić information content (AvgIpc) is 3.00. The SMILES string of the molecule is O=C(NCc1ccc(Cl)cc1)C1CCN(S(=O)(=O)c2cc(Br)c(Br)s2)CC1. The second-order valence-electron chi connectivity index (χ2n) is 6.21. The van der Waals surface area contributed by atoms with Crippen LogP contribution in [0.2, 0.25) is 5.02 Å². The average molecular weight is 557 g/mol. The van der Waals surface area contributed by atoms with E-state index in [4.69, 9.17) is 11.6 Å². The molecule has 0 bridgehead atoms. The Labute approximate surface area is 184 Å². The molecule has 0 saturated carbocycles. The van der Waals surface area contributed by atoms with Crippen LogP contribution in [0.25, 0.3) is 0 Å². The number of nitrogens with zero attached hydrogens (tertiary/aromatic N) is 1. The normalized spacial score (nSPS) is 16.4. The number of nitrogens with one attached hydrogen (secondary N) is 1. The van der Waals surface area contributed by atoms with Crippen molar-refractivity contribution < 1.29 is 13.2 Å². The van der Waals surface area contributed by atoms with Gasteiger partial charge in [0.1, 0.15) is 4.21 Å². The van der Waals surface area contributed by atoms with Crippen LogP contribution in [-0.2, 0) is 21.4 Å². The summed E-state index contributed by atoms with van der Waals surface area (Å²) in [6, 6.07) is 8.92. The monoisotopic (exact) mass is 554 g/mol. The second-order valence-corrected chi connectivity index (χ2v) is 12.0. The molecule has 3 rings (SSSR count). The zero-order chi connectivity index (χ0) is 19.6. The summed E-state index contributed by atoms with van der Waals surface area (Å²) in [4.78, 5) is 12.4. The number of carbonyl (C=O) groups is 1. The van der Waals surface area contributed by atoms with Crippen molar-refractivity contribution in [3.05, 3.63) is 49.2 Å². The van der Waals surface area contributed by atoms with Crippen molar-refractivity contribution >= 4 is 70.7 Å². The van der Waals surface area contributed by atoms with Crippen LogP contribution in [-0.4, -0.2) is 31.7 Å². The van der Waals surface area contributed by atoms with E-state index in [1.54, 1.807) is 18.2 Å². The highest BCUT2D eigenvalue weighted by Gasteiger charge is 2.33. The molecule has 1 amide bonds. The smallest absolute Gasteiger partial charge is 0.252 e. The summed E-state index contributed by atoms with van der Waals surface area (Å²) >= 11 is 13.7. The minimum absolute atomic E-state index is 0.0383. The first kappa shape index (κ1) is 21.3. The van der Waals surface area contributed by atoms with Crippen LogP contribution in [0.3, 0.4) is 0 Å². The lowest BCUT2D eigenvalue weighted by atomic mass is 9.97. The first-order chi connectivity index (χ1) is 12.8. The molecule has 1 aliphatic heterocycles. The molecule has 0 atom stereocenters. The van der Waals surface area contributed by atoms with Crippen LogP contribution in [0.1, 0.15) is 18.4 Å². The van der Waals surface area contributed by atoms with Gasteiger partial charge in [-0.2, -0.15) is 4.31 Å². The van der Waals surface area contributed by atoms with Gasteiger partial charge in [0.2, 0.25) is 5.91 Å². The lowest BCUT2D eigenvalue weighted by Crippen LogP contribution is -2.42.